The Balaban J connectivity index is 1.96. The van der Waals surface area contributed by atoms with Crippen molar-refractivity contribution in [1.82, 2.24) is 4.98 Å². The number of aromatic nitrogens is 1. The molecule has 3 aromatic rings. The van der Waals surface area contributed by atoms with Crippen molar-refractivity contribution in [3.8, 4) is 11.5 Å². The van der Waals surface area contributed by atoms with Crippen LogP contribution in [0.5, 0.6) is 11.5 Å². The van der Waals surface area contributed by atoms with Gasteiger partial charge in [0.05, 0.1) is 12.6 Å². The third-order valence-electron chi connectivity index (χ3n) is 3.69. The monoisotopic (exact) mass is 296 g/mol. The maximum Gasteiger partial charge on any atom is 0.133 e. The molecule has 0 atom stereocenters. The van der Waals surface area contributed by atoms with Crippen LogP contribution in [0.1, 0.15) is 11.1 Å². The molecule has 0 aliphatic heterocycles. The smallest absolute Gasteiger partial charge is 0.133 e. The molecule has 3 N–H and O–H groups in total. The second-order valence-corrected chi connectivity index (χ2v) is 5.17. The van der Waals surface area contributed by atoms with Crippen molar-refractivity contribution in [3.05, 3.63) is 59.8 Å². The minimum Gasteiger partial charge on any atom is -0.497 e. The van der Waals surface area contributed by atoms with Gasteiger partial charge in [-0.05, 0) is 24.1 Å². The minimum absolute atomic E-state index is 0.524. The molecule has 0 bridgehead atoms. The average molecular weight is 296 g/mol. The van der Waals surface area contributed by atoms with E-state index in [4.69, 9.17) is 15.2 Å². The number of hydrogen-bond acceptors (Lipinski definition) is 3. The first kappa shape index (κ1) is 14.5. The minimum atomic E-state index is 0.524. The van der Waals surface area contributed by atoms with Crippen LogP contribution < -0.4 is 15.2 Å². The van der Waals surface area contributed by atoms with Crippen molar-refractivity contribution in [3.63, 3.8) is 0 Å². The zero-order chi connectivity index (χ0) is 15.4. The van der Waals surface area contributed by atoms with Crippen LogP contribution in [0.3, 0.4) is 0 Å². The number of benzene rings is 2. The molecule has 0 aliphatic carbocycles. The van der Waals surface area contributed by atoms with Gasteiger partial charge in [-0.15, -0.1) is 0 Å². The van der Waals surface area contributed by atoms with Crippen LogP contribution >= 0.6 is 0 Å². The molecular weight excluding hydrogens is 276 g/mol. The molecule has 0 radical (unpaired) electrons. The largest absolute Gasteiger partial charge is 0.497 e. The molecule has 4 heteroatoms. The third kappa shape index (κ3) is 2.92. The van der Waals surface area contributed by atoms with Crippen molar-refractivity contribution in [2.24, 2.45) is 5.73 Å². The number of hydrogen-bond donors (Lipinski definition) is 2. The predicted molar refractivity (Wildman–Crippen MR) is 88.4 cm³/mol. The summed E-state index contributed by atoms with van der Waals surface area (Å²) in [4.78, 5) is 3.27. The fourth-order valence-electron chi connectivity index (χ4n) is 2.59. The normalized spacial score (nSPS) is 10.8. The first-order valence-corrected chi connectivity index (χ1v) is 7.36. The van der Waals surface area contributed by atoms with Gasteiger partial charge in [0.1, 0.15) is 18.1 Å². The van der Waals surface area contributed by atoms with Gasteiger partial charge in [0.2, 0.25) is 0 Å². The van der Waals surface area contributed by atoms with E-state index < -0.39 is 0 Å². The fourth-order valence-corrected chi connectivity index (χ4v) is 2.59. The van der Waals surface area contributed by atoms with Gasteiger partial charge in [0.25, 0.3) is 0 Å². The quantitative estimate of drug-likeness (QED) is 0.734. The van der Waals surface area contributed by atoms with E-state index in [0.717, 1.165) is 34.4 Å². The third-order valence-corrected chi connectivity index (χ3v) is 3.69. The fraction of sp³-hybridized carbons (Fsp3) is 0.222. The molecule has 22 heavy (non-hydrogen) atoms. The lowest BCUT2D eigenvalue weighted by molar-refractivity contribution is 0.307. The van der Waals surface area contributed by atoms with Crippen LogP contribution in [-0.2, 0) is 13.0 Å². The van der Waals surface area contributed by atoms with Crippen LogP contribution in [0.25, 0.3) is 10.9 Å². The van der Waals surface area contributed by atoms with Crippen LogP contribution in [0.2, 0.25) is 0 Å². The Kier molecular flexibility index (Phi) is 4.30. The van der Waals surface area contributed by atoms with Crippen LogP contribution in [0, 0.1) is 0 Å². The molecule has 2 aromatic carbocycles. The van der Waals surface area contributed by atoms with Gasteiger partial charge in [-0.1, -0.05) is 30.3 Å². The lowest BCUT2D eigenvalue weighted by Crippen LogP contribution is -2.03. The summed E-state index contributed by atoms with van der Waals surface area (Å²) in [5.74, 6) is 1.60. The van der Waals surface area contributed by atoms with Crippen molar-refractivity contribution in [1.29, 1.82) is 0 Å². The molecule has 114 valence electrons. The van der Waals surface area contributed by atoms with E-state index in [1.807, 2.05) is 36.5 Å². The Labute approximate surface area is 129 Å². The van der Waals surface area contributed by atoms with Gasteiger partial charge in [-0.2, -0.15) is 0 Å². The SMILES string of the molecule is COc1cc(OCc2ccccc2)c2c(CCN)c[nH]c2c1. The maximum absolute atomic E-state index is 6.05. The average Bonchev–Trinajstić information content (AvgIpc) is 2.97. The van der Waals surface area contributed by atoms with E-state index in [1.165, 1.54) is 5.56 Å². The lowest BCUT2D eigenvalue weighted by atomic mass is 10.1. The van der Waals surface area contributed by atoms with Gasteiger partial charge in [-0.3, -0.25) is 0 Å². The number of rotatable bonds is 6. The first-order chi connectivity index (χ1) is 10.8. The number of fused-ring (bicyclic) bond motifs is 1. The summed E-state index contributed by atoms with van der Waals surface area (Å²) in [6.45, 7) is 1.13. The molecular formula is C18H20N2O2. The van der Waals surface area contributed by atoms with Gasteiger partial charge in [0, 0.05) is 23.7 Å². The lowest BCUT2D eigenvalue weighted by Gasteiger charge is -2.11. The van der Waals surface area contributed by atoms with E-state index in [0.29, 0.717) is 13.2 Å². The van der Waals surface area contributed by atoms with Gasteiger partial charge in [-0.25, -0.2) is 0 Å². The summed E-state index contributed by atoms with van der Waals surface area (Å²) in [5.41, 5.74) is 9.01. The maximum atomic E-state index is 6.05. The predicted octanol–water partition coefficient (Wildman–Crippen LogP) is 3.26. The molecule has 1 heterocycles. The van der Waals surface area contributed by atoms with Crippen LogP contribution in [0.15, 0.2) is 48.7 Å². The molecule has 0 saturated carbocycles. The second-order valence-electron chi connectivity index (χ2n) is 5.17. The number of nitrogens with two attached hydrogens (primary N) is 1. The summed E-state index contributed by atoms with van der Waals surface area (Å²) in [5, 5.41) is 1.09. The Morgan fingerprint density at radius 2 is 1.95 bits per heavy atom. The van der Waals surface area contributed by atoms with Crippen molar-refractivity contribution >= 4 is 10.9 Å². The Hall–Kier alpha value is -2.46. The topological polar surface area (TPSA) is 60.3 Å². The number of H-pyrrole nitrogens is 1. The Morgan fingerprint density at radius 1 is 1.14 bits per heavy atom. The highest BCUT2D eigenvalue weighted by Crippen LogP contribution is 2.34. The standard InChI is InChI=1S/C18H20N2O2/c1-21-15-9-16-18(14(7-8-19)11-20-16)17(10-15)22-12-13-5-3-2-4-6-13/h2-6,9-11,20H,7-8,12,19H2,1H3. The summed E-state index contributed by atoms with van der Waals surface area (Å²) in [6, 6.07) is 14.0. The number of nitrogens with one attached hydrogen (secondary N) is 1. The molecule has 0 aliphatic rings. The van der Waals surface area contributed by atoms with E-state index in [9.17, 15) is 0 Å². The molecule has 0 fully saturated rings. The van der Waals surface area contributed by atoms with E-state index >= 15 is 0 Å². The summed E-state index contributed by atoms with van der Waals surface area (Å²) < 4.78 is 11.4. The summed E-state index contributed by atoms with van der Waals surface area (Å²) in [7, 11) is 1.66. The number of methoxy groups -OCH3 is 1. The first-order valence-electron chi connectivity index (χ1n) is 7.36. The van der Waals surface area contributed by atoms with E-state index in [2.05, 4.69) is 17.1 Å². The molecule has 0 spiro atoms. The van der Waals surface area contributed by atoms with E-state index in [1.54, 1.807) is 7.11 Å². The molecule has 0 saturated heterocycles. The molecule has 1 aromatic heterocycles. The van der Waals surface area contributed by atoms with Crippen LogP contribution in [0.4, 0.5) is 0 Å². The number of ether oxygens (including phenoxy) is 2. The van der Waals surface area contributed by atoms with Crippen molar-refractivity contribution in [2.45, 2.75) is 13.0 Å². The van der Waals surface area contributed by atoms with Gasteiger partial charge in [0.15, 0.2) is 0 Å². The summed E-state index contributed by atoms with van der Waals surface area (Å²) in [6.07, 6.45) is 2.81. The molecule has 0 unspecified atom stereocenters. The van der Waals surface area contributed by atoms with Gasteiger partial charge < -0.3 is 20.2 Å². The Bertz CT molecular complexity index is 750. The Morgan fingerprint density at radius 3 is 2.68 bits per heavy atom. The molecule has 0 amide bonds. The van der Waals surface area contributed by atoms with Crippen molar-refractivity contribution in [2.75, 3.05) is 13.7 Å². The van der Waals surface area contributed by atoms with Crippen molar-refractivity contribution < 1.29 is 9.47 Å². The van der Waals surface area contributed by atoms with E-state index in [-0.39, 0.29) is 0 Å². The number of aromatic amines is 1. The highest BCUT2D eigenvalue weighted by Gasteiger charge is 2.12. The highest BCUT2D eigenvalue weighted by atomic mass is 16.5. The zero-order valence-corrected chi connectivity index (χ0v) is 12.6. The van der Waals surface area contributed by atoms with Gasteiger partial charge >= 0.3 is 0 Å². The molecule has 3 rings (SSSR count). The van der Waals surface area contributed by atoms with Crippen LogP contribution in [-0.4, -0.2) is 18.6 Å². The second kappa shape index (κ2) is 6.54. The molecule has 4 nitrogen and oxygen atoms in total. The summed E-state index contributed by atoms with van der Waals surface area (Å²) >= 11 is 0. The highest BCUT2D eigenvalue weighted by molar-refractivity contribution is 5.90. The zero-order valence-electron chi connectivity index (χ0n) is 12.6.